The first-order valence-corrected chi connectivity index (χ1v) is 10.6. The van der Waals surface area contributed by atoms with E-state index in [1.165, 1.54) is 16.3 Å². The second kappa shape index (κ2) is 5.93. The molecule has 0 atom stereocenters. The zero-order chi connectivity index (χ0) is 14.8. The molecule has 1 aromatic carbocycles. The average molecular weight is 287 g/mol. The van der Waals surface area contributed by atoms with Crippen molar-refractivity contribution in [2.45, 2.75) is 32.7 Å². The molecule has 1 heterocycles. The molecule has 0 saturated carbocycles. The van der Waals surface area contributed by atoms with E-state index in [0.29, 0.717) is 0 Å². The number of hydrogen-bond acceptors (Lipinski definition) is 2. The number of aryl methyl sites for hydroxylation is 1. The van der Waals surface area contributed by atoms with Gasteiger partial charge < -0.3 is 0 Å². The Morgan fingerprint density at radius 2 is 1.65 bits per heavy atom. The molecule has 0 aliphatic carbocycles. The van der Waals surface area contributed by atoms with E-state index in [-0.39, 0.29) is 0 Å². The Kier molecular flexibility index (Phi) is 4.45. The van der Waals surface area contributed by atoms with E-state index in [2.05, 4.69) is 67.1 Å². The zero-order valence-corrected chi connectivity index (χ0v) is 14.2. The molecule has 0 radical (unpaired) electrons. The standard InChI is InChI=1S/C16H25N3Si/c1-18(12-15-10-17-19(2)13-15)11-14-6-8-16(9-7-14)20(3,4)5/h6-10,13H,11-12H2,1-5H3. The Bertz CT molecular complexity index is 552. The lowest BCUT2D eigenvalue weighted by molar-refractivity contribution is 0.319. The summed E-state index contributed by atoms with van der Waals surface area (Å²) >= 11 is 0. The maximum Gasteiger partial charge on any atom is 0.0775 e. The fraction of sp³-hybridized carbons (Fsp3) is 0.438. The SMILES string of the molecule is CN(Cc1ccc([Si](C)(C)C)cc1)Cc1cnn(C)c1. The second-order valence-electron chi connectivity index (χ2n) is 6.64. The van der Waals surface area contributed by atoms with Crippen LogP contribution in [0.3, 0.4) is 0 Å². The van der Waals surface area contributed by atoms with Crippen LogP contribution in [0.4, 0.5) is 0 Å². The van der Waals surface area contributed by atoms with Crippen LogP contribution in [-0.2, 0) is 20.1 Å². The van der Waals surface area contributed by atoms with Gasteiger partial charge in [-0.25, -0.2) is 0 Å². The molecule has 2 aromatic rings. The Balaban J connectivity index is 1.96. The quantitative estimate of drug-likeness (QED) is 0.788. The van der Waals surface area contributed by atoms with E-state index < -0.39 is 8.07 Å². The number of benzene rings is 1. The van der Waals surface area contributed by atoms with Crippen LogP contribution in [0.1, 0.15) is 11.1 Å². The number of rotatable bonds is 5. The first-order valence-electron chi connectivity index (χ1n) is 7.10. The zero-order valence-electron chi connectivity index (χ0n) is 13.2. The number of nitrogens with zero attached hydrogens (tertiary/aromatic N) is 3. The summed E-state index contributed by atoms with van der Waals surface area (Å²) < 4.78 is 1.85. The van der Waals surface area contributed by atoms with Crippen LogP contribution in [0.15, 0.2) is 36.7 Å². The lowest BCUT2D eigenvalue weighted by atomic mass is 10.2. The van der Waals surface area contributed by atoms with E-state index in [0.717, 1.165) is 13.1 Å². The molecule has 0 aliphatic heterocycles. The Morgan fingerprint density at radius 1 is 1.05 bits per heavy atom. The summed E-state index contributed by atoms with van der Waals surface area (Å²) in [4.78, 5) is 2.32. The van der Waals surface area contributed by atoms with Gasteiger partial charge in [-0.3, -0.25) is 9.58 Å². The lowest BCUT2D eigenvalue weighted by Gasteiger charge is -2.19. The van der Waals surface area contributed by atoms with Gasteiger partial charge in [-0.05, 0) is 12.6 Å². The second-order valence-corrected chi connectivity index (χ2v) is 11.7. The van der Waals surface area contributed by atoms with Crippen molar-refractivity contribution in [3.05, 3.63) is 47.8 Å². The minimum atomic E-state index is -1.18. The molecule has 0 bridgehead atoms. The largest absolute Gasteiger partial charge is 0.298 e. The van der Waals surface area contributed by atoms with Crippen LogP contribution >= 0.6 is 0 Å². The van der Waals surface area contributed by atoms with Gasteiger partial charge in [0, 0.05) is 31.9 Å². The van der Waals surface area contributed by atoms with Gasteiger partial charge in [-0.2, -0.15) is 5.10 Å². The molecule has 0 fully saturated rings. The van der Waals surface area contributed by atoms with E-state index in [1.807, 2.05) is 17.9 Å². The summed E-state index contributed by atoms with van der Waals surface area (Å²) in [7, 11) is 2.93. The van der Waals surface area contributed by atoms with Crippen molar-refractivity contribution in [3.8, 4) is 0 Å². The van der Waals surface area contributed by atoms with Crippen LogP contribution < -0.4 is 5.19 Å². The fourth-order valence-corrected chi connectivity index (χ4v) is 3.51. The molecule has 108 valence electrons. The van der Waals surface area contributed by atoms with Gasteiger partial charge in [0.05, 0.1) is 14.3 Å². The van der Waals surface area contributed by atoms with Gasteiger partial charge in [-0.15, -0.1) is 0 Å². The normalized spacial score (nSPS) is 12.1. The van der Waals surface area contributed by atoms with Gasteiger partial charge in [0.15, 0.2) is 0 Å². The summed E-state index contributed by atoms with van der Waals surface area (Å²) in [5, 5.41) is 5.73. The molecule has 0 unspecified atom stereocenters. The highest BCUT2D eigenvalue weighted by Crippen LogP contribution is 2.09. The highest BCUT2D eigenvalue weighted by Gasteiger charge is 2.15. The molecule has 3 nitrogen and oxygen atoms in total. The van der Waals surface area contributed by atoms with E-state index in [1.54, 1.807) is 0 Å². The van der Waals surface area contributed by atoms with Crippen molar-refractivity contribution >= 4 is 13.3 Å². The van der Waals surface area contributed by atoms with Crippen molar-refractivity contribution in [2.24, 2.45) is 7.05 Å². The molecule has 1 aromatic heterocycles. The van der Waals surface area contributed by atoms with Crippen molar-refractivity contribution in [2.75, 3.05) is 7.05 Å². The molecule has 2 rings (SSSR count). The fourth-order valence-electron chi connectivity index (χ4n) is 2.34. The minimum Gasteiger partial charge on any atom is -0.298 e. The predicted molar refractivity (Wildman–Crippen MR) is 87.8 cm³/mol. The summed E-state index contributed by atoms with van der Waals surface area (Å²) in [6.07, 6.45) is 4.01. The number of hydrogen-bond donors (Lipinski definition) is 0. The molecule has 20 heavy (non-hydrogen) atoms. The third kappa shape index (κ3) is 4.05. The lowest BCUT2D eigenvalue weighted by Crippen LogP contribution is -2.37. The van der Waals surface area contributed by atoms with Crippen molar-refractivity contribution in [1.82, 2.24) is 14.7 Å². The molecule has 0 saturated heterocycles. The Labute approximate surface area is 123 Å². The van der Waals surface area contributed by atoms with Gasteiger partial charge in [0.25, 0.3) is 0 Å². The minimum absolute atomic E-state index is 0.934. The van der Waals surface area contributed by atoms with Crippen LogP contribution in [-0.4, -0.2) is 29.8 Å². The van der Waals surface area contributed by atoms with E-state index >= 15 is 0 Å². The van der Waals surface area contributed by atoms with Crippen LogP contribution in [0.5, 0.6) is 0 Å². The molecule has 0 aliphatic rings. The van der Waals surface area contributed by atoms with Crippen LogP contribution in [0, 0.1) is 0 Å². The van der Waals surface area contributed by atoms with E-state index in [4.69, 9.17) is 0 Å². The van der Waals surface area contributed by atoms with Gasteiger partial charge >= 0.3 is 0 Å². The van der Waals surface area contributed by atoms with Crippen LogP contribution in [0.2, 0.25) is 19.6 Å². The van der Waals surface area contributed by atoms with E-state index in [9.17, 15) is 0 Å². The summed E-state index contributed by atoms with van der Waals surface area (Å²) in [6, 6.07) is 9.15. The molecule has 0 N–H and O–H groups in total. The first-order chi connectivity index (χ1) is 9.34. The van der Waals surface area contributed by atoms with Crippen molar-refractivity contribution < 1.29 is 0 Å². The maximum absolute atomic E-state index is 4.21. The van der Waals surface area contributed by atoms with Crippen molar-refractivity contribution in [1.29, 1.82) is 0 Å². The topological polar surface area (TPSA) is 21.1 Å². The monoisotopic (exact) mass is 287 g/mol. The Hall–Kier alpha value is -1.39. The molecular weight excluding hydrogens is 262 g/mol. The molecule has 0 amide bonds. The highest BCUT2D eigenvalue weighted by atomic mass is 28.3. The average Bonchev–Trinajstić information content (AvgIpc) is 2.74. The maximum atomic E-state index is 4.21. The smallest absolute Gasteiger partial charge is 0.0775 e. The number of aromatic nitrogens is 2. The van der Waals surface area contributed by atoms with Crippen molar-refractivity contribution in [3.63, 3.8) is 0 Å². The van der Waals surface area contributed by atoms with Gasteiger partial charge in [0.2, 0.25) is 0 Å². The first kappa shape index (κ1) is 15.0. The molecule has 0 spiro atoms. The van der Waals surface area contributed by atoms with Gasteiger partial charge in [0.1, 0.15) is 0 Å². The van der Waals surface area contributed by atoms with Gasteiger partial charge in [-0.1, -0.05) is 49.1 Å². The third-order valence-electron chi connectivity index (χ3n) is 3.48. The summed E-state index contributed by atoms with van der Waals surface area (Å²) in [5.41, 5.74) is 2.63. The Morgan fingerprint density at radius 3 is 2.15 bits per heavy atom. The third-order valence-corrected chi connectivity index (χ3v) is 5.55. The molecular formula is C16H25N3Si. The summed E-state index contributed by atoms with van der Waals surface area (Å²) in [5.74, 6) is 0. The van der Waals surface area contributed by atoms with Crippen LogP contribution in [0.25, 0.3) is 0 Å². The predicted octanol–water partition coefficient (Wildman–Crippen LogP) is 2.60. The summed E-state index contributed by atoms with van der Waals surface area (Å²) in [6.45, 7) is 9.06. The molecule has 4 heteroatoms. The highest BCUT2D eigenvalue weighted by molar-refractivity contribution is 6.88.